The van der Waals surface area contributed by atoms with Gasteiger partial charge in [0.15, 0.2) is 0 Å². The van der Waals surface area contributed by atoms with E-state index in [4.69, 9.17) is 22.0 Å². The number of carbonyl (C=O) groups is 1. The maximum absolute atomic E-state index is 12.7. The summed E-state index contributed by atoms with van der Waals surface area (Å²) in [5.41, 5.74) is 1.30. The van der Waals surface area contributed by atoms with Gasteiger partial charge < -0.3 is 10.0 Å². The molecule has 2 aromatic rings. The fourth-order valence-corrected chi connectivity index (χ4v) is 3.10. The quantitative estimate of drug-likeness (QED) is 0.881. The Morgan fingerprint density at radius 2 is 2.23 bits per heavy atom. The molecule has 2 rings (SSSR count). The number of halogens is 1. The highest BCUT2D eigenvalue weighted by Gasteiger charge is 2.20. The van der Waals surface area contributed by atoms with E-state index in [1.165, 1.54) is 11.3 Å². The summed E-state index contributed by atoms with van der Waals surface area (Å²) in [7, 11) is 0. The topological polar surface area (TPSA) is 64.3 Å². The number of nitrogens with zero attached hydrogens (tertiary/aromatic N) is 2. The first-order valence-corrected chi connectivity index (χ1v) is 8.03. The van der Waals surface area contributed by atoms with Crippen molar-refractivity contribution in [2.75, 3.05) is 13.2 Å². The molecule has 0 fully saturated rings. The van der Waals surface area contributed by atoms with Gasteiger partial charge in [0.25, 0.3) is 5.91 Å². The van der Waals surface area contributed by atoms with Crippen LogP contribution in [0.25, 0.3) is 0 Å². The summed E-state index contributed by atoms with van der Waals surface area (Å²) in [5.74, 6) is -0.194. The smallest absolute Gasteiger partial charge is 0.265 e. The average molecular weight is 335 g/mol. The van der Waals surface area contributed by atoms with E-state index in [9.17, 15) is 4.79 Å². The van der Waals surface area contributed by atoms with Crippen LogP contribution in [0.2, 0.25) is 5.02 Å². The van der Waals surface area contributed by atoms with Crippen LogP contribution >= 0.6 is 22.9 Å². The second-order valence-corrected chi connectivity index (χ2v) is 6.06. The van der Waals surface area contributed by atoms with Crippen LogP contribution in [0, 0.1) is 11.3 Å². The molecule has 1 aromatic carbocycles. The van der Waals surface area contributed by atoms with Gasteiger partial charge in [-0.05, 0) is 35.6 Å². The van der Waals surface area contributed by atoms with Crippen LogP contribution in [0.4, 0.5) is 0 Å². The lowest BCUT2D eigenvalue weighted by Crippen LogP contribution is -2.31. The van der Waals surface area contributed by atoms with Crippen LogP contribution < -0.4 is 0 Å². The minimum Gasteiger partial charge on any atom is -0.396 e. The van der Waals surface area contributed by atoms with E-state index < -0.39 is 0 Å². The first kappa shape index (κ1) is 16.5. The molecule has 0 saturated carbocycles. The van der Waals surface area contributed by atoms with Crippen molar-refractivity contribution in [2.24, 2.45) is 0 Å². The van der Waals surface area contributed by atoms with Crippen LogP contribution in [0.5, 0.6) is 0 Å². The molecule has 0 aliphatic carbocycles. The molecule has 22 heavy (non-hydrogen) atoms. The standard InChI is InChI=1S/C16H15ClN2O2S/c17-14-4-1-3-12(9-14)11-19(6-2-7-20)16(21)15-13(10-18)5-8-22-15/h1,3-5,8-9,20H,2,6-7,11H2. The van der Waals surface area contributed by atoms with Crippen molar-refractivity contribution >= 4 is 28.8 Å². The van der Waals surface area contributed by atoms with Gasteiger partial charge in [0.1, 0.15) is 10.9 Å². The molecule has 4 nitrogen and oxygen atoms in total. The fourth-order valence-electron chi connectivity index (χ4n) is 2.08. The van der Waals surface area contributed by atoms with E-state index in [0.717, 1.165) is 5.56 Å². The van der Waals surface area contributed by atoms with Crippen LogP contribution in [0.1, 0.15) is 27.2 Å². The summed E-state index contributed by atoms with van der Waals surface area (Å²) < 4.78 is 0. The summed E-state index contributed by atoms with van der Waals surface area (Å²) in [6, 6.07) is 11.0. The Bertz CT molecular complexity index is 693. The molecule has 1 heterocycles. The fraction of sp³-hybridized carbons (Fsp3) is 0.250. The van der Waals surface area contributed by atoms with Gasteiger partial charge in [0.2, 0.25) is 0 Å². The Morgan fingerprint density at radius 3 is 2.91 bits per heavy atom. The van der Waals surface area contributed by atoms with Crippen molar-refractivity contribution in [3.05, 3.63) is 56.7 Å². The van der Waals surface area contributed by atoms with E-state index in [-0.39, 0.29) is 12.5 Å². The van der Waals surface area contributed by atoms with Gasteiger partial charge >= 0.3 is 0 Å². The molecule has 0 atom stereocenters. The zero-order valence-electron chi connectivity index (χ0n) is 11.8. The van der Waals surface area contributed by atoms with Gasteiger partial charge in [-0.25, -0.2) is 0 Å². The van der Waals surface area contributed by atoms with Crippen molar-refractivity contribution in [1.29, 1.82) is 5.26 Å². The number of nitriles is 1. The minimum absolute atomic E-state index is 0.00880. The maximum atomic E-state index is 12.7. The number of aliphatic hydroxyl groups is 1. The monoisotopic (exact) mass is 334 g/mol. The van der Waals surface area contributed by atoms with Crippen molar-refractivity contribution < 1.29 is 9.90 Å². The zero-order valence-corrected chi connectivity index (χ0v) is 13.4. The summed E-state index contributed by atoms with van der Waals surface area (Å²) in [6.07, 6.45) is 0.486. The molecular formula is C16H15ClN2O2S. The van der Waals surface area contributed by atoms with Crippen LogP contribution in [0.3, 0.4) is 0 Å². The molecule has 6 heteroatoms. The third kappa shape index (κ3) is 4.08. The Kier molecular flexibility index (Phi) is 5.96. The third-order valence-electron chi connectivity index (χ3n) is 3.12. The Balaban J connectivity index is 2.22. The molecule has 114 valence electrons. The van der Waals surface area contributed by atoms with Gasteiger partial charge in [0, 0.05) is 24.7 Å². The van der Waals surface area contributed by atoms with Crippen molar-refractivity contribution in [3.8, 4) is 6.07 Å². The van der Waals surface area contributed by atoms with Crippen molar-refractivity contribution in [2.45, 2.75) is 13.0 Å². The zero-order chi connectivity index (χ0) is 15.9. The molecule has 0 bridgehead atoms. The molecule has 0 spiro atoms. The van der Waals surface area contributed by atoms with Gasteiger partial charge in [-0.3, -0.25) is 4.79 Å². The second kappa shape index (κ2) is 7.95. The molecule has 1 amide bonds. The summed E-state index contributed by atoms with van der Waals surface area (Å²) in [6.45, 7) is 0.821. The Hall–Kier alpha value is -1.87. The molecule has 1 aromatic heterocycles. The predicted octanol–water partition coefficient (Wildman–Crippen LogP) is 3.30. The highest BCUT2D eigenvalue weighted by Crippen LogP contribution is 2.20. The molecule has 0 aliphatic rings. The summed E-state index contributed by atoms with van der Waals surface area (Å²) in [4.78, 5) is 14.7. The Labute approximate surface area is 138 Å². The van der Waals surface area contributed by atoms with E-state index in [2.05, 4.69) is 0 Å². The van der Waals surface area contributed by atoms with E-state index in [1.807, 2.05) is 18.2 Å². The number of aliphatic hydroxyl groups excluding tert-OH is 1. The molecule has 0 radical (unpaired) electrons. The molecule has 0 unspecified atom stereocenters. The lowest BCUT2D eigenvalue weighted by molar-refractivity contribution is 0.0736. The lowest BCUT2D eigenvalue weighted by atomic mass is 10.2. The largest absolute Gasteiger partial charge is 0.396 e. The average Bonchev–Trinajstić information content (AvgIpc) is 2.99. The third-order valence-corrected chi connectivity index (χ3v) is 4.25. The number of benzene rings is 1. The maximum Gasteiger partial charge on any atom is 0.265 e. The highest BCUT2D eigenvalue weighted by molar-refractivity contribution is 7.12. The minimum atomic E-state index is -0.194. The van der Waals surface area contributed by atoms with E-state index in [1.54, 1.807) is 28.5 Å². The normalized spacial score (nSPS) is 10.2. The van der Waals surface area contributed by atoms with Gasteiger partial charge in [-0.1, -0.05) is 23.7 Å². The van der Waals surface area contributed by atoms with E-state index >= 15 is 0 Å². The molecule has 1 N–H and O–H groups in total. The number of amides is 1. The van der Waals surface area contributed by atoms with E-state index in [0.29, 0.717) is 35.0 Å². The predicted molar refractivity (Wildman–Crippen MR) is 86.9 cm³/mol. The lowest BCUT2D eigenvalue weighted by Gasteiger charge is -2.22. The Morgan fingerprint density at radius 1 is 1.41 bits per heavy atom. The van der Waals surface area contributed by atoms with Gasteiger partial charge in [-0.15, -0.1) is 11.3 Å². The molecule has 0 saturated heterocycles. The first-order chi connectivity index (χ1) is 10.7. The number of hydrogen-bond donors (Lipinski definition) is 1. The second-order valence-electron chi connectivity index (χ2n) is 4.71. The van der Waals surface area contributed by atoms with Crippen LogP contribution in [-0.2, 0) is 6.54 Å². The number of hydrogen-bond acceptors (Lipinski definition) is 4. The molecule has 0 aliphatic heterocycles. The number of rotatable bonds is 6. The summed E-state index contributed by atoms with van der Waals surface area (Å²) >= 11 is 7.23. The highest BCUT2D eigenvalue weighted by atomic mass is 35.5. The van der Waals surface area contributed by atoms with Crippen molar-refractivity contribution in [3.63, 3.8) is 0 Å². The SMILES string of the molecule is N#Cc1ccsc1C(=O)N(CCCO)Cc1cccc(Cl)c1. The number of carbonyl (C=O) groups excluding carboxylic acids is 1. The van der Waals surface area contributed by atoms with Gasteiger partial charge in [0.05, 0.1) is 5.56 Å². The first-order valence-electron chi connectivity index (χ1n) is 6.78. The van der Waals surface area contributed by atoms with Crippen molar-refractivity contribution in [1.82, 2.24) is 4.90 Å². The number of thiophene rings is 1. The van der Waals surface area contributed by atoms with Gasteiger partial charge in [-0.2, -0.15) is 5.26 Å². The van der Waals surface area contributed by atoms with Crippen LogP contribution in [0.15, 0.2) is 35.7 Å². The van der Waals surface area contributed by atoms with Crippen LogP contribution in [-0.4, -0.2) is 29.1 Å². The summed E-state index contributed by atoms with van der Waals surface area (Å²) in [5, 5.41) is 20.4. The molecular weight excluding hydrogens is 320 g/mol.